The first-order valence-electron chi connectivity index (χ1n) is 7.93. The molecule has 6 heteroatoms. The molecule has 0 radical (unpaired) electrons. The summed E-state index contributed by atoms with van der Waals surface area (Å²) in [5.74, 6) is 0.862. The Labute approximate surface area is 134 Å². The van der Waals surface area contributed by atoms with Crippen molar-refractivity contribution in [3.63, 3.8) is 0 Å². The molecule has 0 bridgehead atoms. The van der Waals surface area contributed by atoms with Crippen molar-refractivity contribution in [1.29, 1.82) is 0 Å². The van der Waals surface area contributed by atoms with Crippen LogP contribution in [-0.2, 0) is 10.3 Å². The van der Waals surface area contributed by atoms with Crippen LogP contribution in [0.4, 0.5) is 0 Å². The van der Waals surface area contributed by atoms with Gasteiger partial charge in [-0.1, -0.05) is 51.5 Å². The van der Waals surface area contributed by atoms with E-state index in [2.05, 4.69) is 11.6 Å². The van der Waals surface area contributed by atoms with Crippen LogP contribution >= 0.6 is 0 Å². The van der Waals surface area contributed by atoms with Crippen molar-refractivity contribution in [3.05, 3.63) is 24.3 Å². The molecule has 0 saturated carbocycles. The first-order chi connectivity index (χ1) is 10.6. The van der Waals surface area contributed by atoms with Crippen LogP contribution in [0.15, 0.2) is 24.3 Å². The lowest BCUT2D eigenvalue weighted by Crippen LogP contribution is -2.24. The van der Waals surface area contributed by atoms with Crippen molar-refractivity contribution in [1.82, 2.24) is 4.72 Å². The van der Waals surface area contributed by atoms with Crippen LogP contribution in [-0.4, -0.2) is 22.1 Å². The van der Waals surface area contributed by atoms with Crippen LogP contribution in [0.2, 0.25) is 0 Å². The Balaban J connectivity index is 2.26. The van der Waals surface area contributed by atoms with Gasteiger partial charge >= 0.3 is 10.3 Å². The summed E-state index contributed by atoms with van der Waals surface area (Å²) in [5, 5.41) is 0. The topological polar surface area (TPSA) is 64.6 Å². The van der Waals surface area contributed by atoms with Gasteiger partial charge in [-0.25, -0.2) is 0 Å². The number of hydrogen-bond donors (Lipinski definition) is 1. The molecule has 0 heterocycles. The second kappa shape index (κ2) is 10.5. The fourth-order valence-corrected chi connectivity index (χ4v) is 2.47. The number of hydrogen-bond acceptors (Lipinski definition) is 4. The molecule has 1 N–H and O–H groups in total. The van der Waals surface area contributed by atoms with E-state index in [9.17, 15) is 8.42 Å². The van der Waals surface area contributed by atoms with E-state index in [4.69, 9.17) is 8.92 Å². The van der Waals surface area contributed by atoms with Crippen LogP contribution in [0.25, 0.3) is 0 Å². The van der Waals surface area contributed by atoms with Gasteiger partial charge in [0.25, 0.3) is 0 Å². The summed E-state index contributed by atoms with van der Waals surface area (Å²) < 4.78 is 35.2. The molecular weight excluding hydrogens is 302 g/mol. The molecule has 0 spiro atoms. The summed E-state index contributed by atoms with van der Waals surface area (Å²) in [5.41, 5.74) is 0. The predicted octanol–water partition coefficient (Wildman–Crippen LogP) is 3.66. The van der Waals surface area contributed by atoms with Gasteiger partial charge in [0.1, 0.15) is 11.5 Å². The summed E-state index contributed by atoms with van der Waals surface area (Å²) >= 11 is 0. The molecule has 5 nitrogen and oxygen atoms in total. The van der Waals surface area contributed by atoms with Crippen molar-refractivity contribution in [2.24, 2.45) is 0 Å². The Morgan fingerprint density at radius 3 is 2.32 bits per heavy atom. The second-order valence-corrected chi connectivity index (χ2v) is 6.67. The molecule has 1 rings (SSSR count). The van der Waals surface area contributed by atoms with E-state index < -0.39 is 10.3 Å². The van der Waals surface area contributed by atoms with Gasteiger partial charge in [0.15, 0.2) is 0 Å². The van der Waals surface area contributed by atoms with Crippen LogP contribution in [0.5, 0.6) is 11.5 Å². The zero-order chi connectivity index (χ0) is 16.3. The highest BCUT2D eigenvalue weighted by Crippen LogP contribution is 2.20. The second-order valence-electron chi connectivity index (χ2n) is 5.19. The summed E-state index contributed by atoms with van der Waals surface area (Å²) in [4.78, 5) is 0. The minimum atomic E-state index is -3.74. The molecule has 0 fully saturated rings. The quantitative estimate of drug-likeness (QED) is 0.594. The molecule has 1 aromatic rings. The van der Waals surface area contributed by atoms with Gasteiger partial charge < -0.3 is 8.92 Å². The zero-order valence-corrected chi connectivity index (χ0v) is 14.3. The fraction of sp³-hybridized carbons (Fsp3) is 0.625. The highest BCUT2D eigenvalue weighted by Gasteiger charge is 2.09. The normalized spacial score (nSPS) is 11.4. The highest BCUT2D eigenvalue weighted by molar-refractivity contribution is 7.85. The Bertz CT molecular complexity index is 517. The lowest BCUT2D eigenvalue weighted by molar-refractivity contribution is 0.303. The van der Waals surface area contributed by atoms with E-state index in [1.54, 1.807) is 24.3 Å². The van der Waals surface area contributed by atoms with Gasteiger partial charge in [0.2, 0.25) is 0 Å². The predicted molar refractivity (Wildman–Crippen MR) is 88.5 cm³/mol. The standard InChI is InChI=1S/C16H27NO4S/c1-3-4-5-6-7-8-9-13-20-15-11-10-12-16(14-15)21-22(18,19)17-2/h10-12,14,17H,3-9,13H2,1-2H3. The van der Waals surface area contributed by atoms with Gasteiger partial charge in [0.05, 0.1) is 6.61 Å². The first kappa shape index (κ1) is 18.8. The maximum atomic E-state index is 11.3. The molecule has 0 saturated heterocycles. The van der Waals surface area contributed by atoms with E-state index >= 15 is 0 Å². The van der Waals surface area contributed by atoms with Crippen molar-refractivity contribution < 1.29 is 17.3 Å². The number of rotatable bonds is 12. The Kier molecular flexibility index (Phi) is 8.92. The first-order valence-corrected chi connectivity index (χ1v) is 9.34. The lowest BCUT2D eigenvalue weighted by atomic mass is 10.1. The van der Waals surface area contributed by atoms with Gasteiger partial charge in [-0.15, -0.1) is 0 Å². The largest absolute Gasteiger partial charge is 0.493 e. The van der Waals surface area contributed by atoms with E-state index in [1.807, 2.05) is 0 Å². The molecular formula is C16H27NO4S. The molecule has 0 amide bonds. The van der Waals surface area contributed by atoms with Gasteiger partial charge in [-0.2, -0.15) is 13.1 Å². The minimum absolute atomic E-state index is 0.242. The summed E-state index contributed by atoms with van der Waals surface area (Å²) in [7, 11) is -2.43. The van der Waals surface area contributed by atoms with E-state index in [-0.39, 0.29) is 5.75 Å². The Hall–Kier alpha value is -1.27. The third kappa shape index (κ3) is 8.24. The summed E-state index contributed by atoms with van der Waals surface area (Å²) in [6.45, 7) is 2.85. The molecule has 0 aliphatic carbocycles. The van der Waals surface area contributed by atoms with Crippen molar-refractivity contribution in [3.8, 4) is 11.5 Å². The van der Waals surface area contributed by atoms with Crippen LogP contribution < -0.4 is 13.6 Å². The molecule has 0 unspecified atom stereocenters. The monoisotopic (exact) mass is 329 g/mol. The van der Waals surface area contributed by atoms with Crippen molar-refractivity contribution in [2.75, 3.05) is 13.7 Å². The molecule has 0 aliphatic heterocycles. The summed E-state index contributed by atoms with van der Waals surface area (Å²) in [6, 6.07) is 6.66. The maximum Gasteiger partial charge on any atom is 0.382 e. The molecule has 0 atom stereocenters. The number of ether oxygens (including phenoxy) is 1. The molecule has 22 heavy (non-hydrogen) atoms. The fourth-order valence-electron chi connectivity index (χ4n) is 2.03. The zero-order valence-electron chi connectivity index (χ0n) is 13.5. The molecule has 1 aromatic carbocycles. The average molecular weight is 329 g/mol. The summed E-state index contributed by atoms with van der Waals surface area (Å²) in [6.07, 6.45) is 8.60. The number of unbranched alkanes of at least 4 members (excludes halogenated alkanes) is 6. The molecule has 0 aromatic heterocycles. The number of benzene rings is 1. The smallest absolute Gasteiger partial charge is 0.382 e. The van der Waals surface area contributed by atoms with Crippen LogP contribution in [0.3, 0.4) is 0 Å². The third-order valence-electron chi connectivity index (χ3n) is 3.28. The lowest BCUT2D eigenvalue weighted by Gasteiger charge is -2.09. The van der Waals surface area contributed by atoms with E-state index in [0.29, 0.717) is 12.4 Å². The Morgan fingerprint density at radius 2 is 1.64 bits per heavy atom. The highest BCUT2D eigenvalue weighted by atomic mass is 32.2. The van der Waals surface area contributed by atoms with Crippen LogP contribution in [0.1, 0.15) is 51.9 Å². The van der Waals surface area contributed by atoms with Gasteiger partial charge in [-0.05, 0) is 18.6 Å². The third-order valence-corrected chi connectivity index (χ3v) is 4.19. The SMILES string of the molecule is CCCCCCCCCOc1cccc(OS(=O)(=O)NC)c1. The van der Waals surface area contributed by atoms with E-state index in [1.165, 1.54) is 39.2 Å². The molecule has 126 valence electrons. The van der Waals surface area contributed by atoms with Gasteiger partial charge in [-0.3, -0.25) is 0 Å². The van der Waals surface area contributed by atoms with Crippen molar-refractivity contribution in [2.45, 2.75) is 51.9 Å². The average Bonchev–Trinajstić information content (AvgIpc) is 2.50. The maximum absolute atomic E-state index is 11.3. The van der Waals surface area contributed by atoms with Crippen molar-refractivity contribution >= 4 is 10.3 Å². The Morgan fingerprint density at radius 1 is 1.00 bits per heavy atom. The van der Waals surface area contributed by atoms with Crippen LogP contribution in [0, 0.1) is 0 Å². The van der Waals surface area contributed by atoms with E-state index in [0.717, 1.165) is 12.8 Å². The molecule has 0 aliphatic rings. The number of nitrogens with one attached hydrogen (secondary N) is 1. The minimum Gasteiger partial charge on any atom is -0.493 e. The van der Waals surface area contributed by atoms with Gasteiger partial charge in [0, 0.05) is 13.1 Å².